The van der Waals surface area contributed by atoms with E-state index in [1.165, 1.54) is 13.0 Å². The lowest BCUT2D eigenvalue weighted by molar-refractivity contribution is -0.114. The van der Waals surface area contributed by atoms with Gasteiger partial charge in [-0.2, -0.15) is 0 Å². The highest BCUT2D eigenvalue weighted by Gasteiger charge is 2.09. The Bertz CT molecular complexity index is 331. The lowest BCUT2D eigenvalue weighted by Gasteiger charge is -2.06. The minimum Gasteiger partial charge on any atom is -0.323 e. The van der Waals surface area contributed by atoms with Crippen molar-refractivity contribution in [2.24, 2.45) is 0 Å². The largest absolute Gasteiger partial charge is 0.323 e. The molecule has 1 aromatic carbocycles. The molecule has 1 rings (SSSR count). The first-order chi connectivity index (χ1) is 6.00. The highest BCUT2D eigenvalue weighted by Crippen LogP contribution is 2.29. The number of nitrogens with one attached hydrogen (secondary N) is 1. The Labute approximate surface area is 91.8 Å². The summed E-state index contributed by atoms with van der Waals surface area (Å²) in [7, 11) is 0. The molecule has 0 bridgehead atoms. The summed E-state index contributed by atoms with van der Waals surface area (Å²) in [4.78, 5) is 10.7. The molecule has 0 radical (unpaired) electrons. The van der Waals surface area contributed by atoms with Gasteiger partial charge in [0.1, 0.15) is 5.82 Å². The Balaban J connectivity index is 3.13. The van der Waals surface area contributed by atoms with Gasteiger partial charge in [0.05, 0.1) is 5.69 Å². The van der Waals surface area contributed by atoms with Gasteiger partial charge >= 0.3 is 0 Å². The second-order valence-corrected chi connectivity index (χ2v) is 4.20. The molecule has 1 amide bonds. The summed E-state index contributed by atoms with van der Waals surface area (Å²) in [5, 5.41) is 2.39. The SMILES string of the molecule is CC(=O)Nc1c(F)cc(Br)cc1Br. The van der Waals surface area contributed by atoms with Crippen molar-refractivity contribution in [1.29, 1.82) is 0 Å². The summed E-state index contributed by atoms with van der Waals surface area (Å²) in [6.45, 7) is 1.33. The predicted octanol–water partition coefficient (Wildman–Crippen LogP) is 3.31. The van der Waals surface area contributed by atoms with Crippen molar-refractivity contribution < 1.29 is 9.18 Å². The number of carbonyl (C=O) groups is 1. The summed E-state index contributed by atoms with van der Waals surface area (Å²) in [6, 6.07) is 2.95. The maximum atomic E-state index is 13.2. The average Bonchev–Trinajstić information content (AvgIpc) is 1.96. The summed E-state index contributed by atoms with van der Waals surface area (Å²) < 4.78 is 14.3. The van der Waals surface area contributed by atoms with E-state index in [1.54, 1.807) is 6.07 Å². The zero-order valence-corrected chi connectivity index (χ0v) is 9.87. The van der Waals surface area contributed by atoms with Crippen LogP contribution in [0.5, 0.6) is 0 Å². The van der Waals surface area contributed by atoms with Crippen LogP contribution < -0.4 is 5.32 Å². The Hall–Kier alpha value is -0.420. The van der Waals surface area contributed by atoms with Gasteiger partial charge in [-0.3, -0.25) is 4.79 Å². The molecule has 0 aromatic heterocycles. The van der Waals surface area contributed by atoms with Gasteiger partial charge in [0, 0.05) is 15.9 Å². The molecule has 1 N–H and O–H groups in total. The van der Waals surface area contributed by atoms with E-state index in [0.717, 1.165) is 0 Å². The van der Waals surface area contributed by atoms with Crippen molar-refractivity contribution in [3.63, 3.8) is 0 Å². The van der Waals surface area contributed by atoms with E-state index >= 15 is 0 Å². The Kier molecular flexibility index (Phi) is 3.44. The van der Waals surface area contributed by atoms with Gasteiger partial charge < -0.3 is 5.32 Å². The first kappa shape index (κ1) is 10.7. The van der Waals surface area contributed by atoms with Crippen molar-refractivity contribution in [2.75, 3.05) is 5.32 Å². The fourth-order valence-corrected chi connectivity index (χ4v) is 2.11. The van der Waals surface area contributed by atoms with E-state index in [-0.39, 0.29) is 11.6 Å². The second kappa shape index (κ2) is 4.19. The molecular weight excluding hydrogens is 305 g/mol. The number of halogens is 3. The van der Waals surface area contributed by atoms with Crippen molar-refractivity contribution >= 4 is 43.5 Å². The number of anilines is 1. The summed E-state index contributed by atoms with van der Waals surface area (Å²) in [6.07, 6.45) is 0. The smallest absolute Gasteiger partial charge is 0.221 e. The van der Waals surface area contributed by atoms with Crippen molar-refractivity contribution in [3.8, 4) is 0 Å². The van der Waals surface area contributed by atoms with E-state index in [1.807, 2.05) is 0 Å². The maximum Gasteiger partial charge on any atom is 0.221 e. The van der Waals surface area contributed by atoms with Crippen molar-refractivity contribution in [1.82, 2.24) is 0 Å². The molecule has 0 aliphatic rings. The molecule has 0 aliphatic carbocycles. The molecule has 13 heavy (non-hydrogen) atoms. The molecule has 0 fully saturated rings. The topological polar surface area (TPSA) is 29.1 Å². The molecule has 0 spiro atoms. The fourth-order valence-electron chi connectivity index (χ4n) is 0.838. The van der Waals surface area contributed by atoms with Crippen LogP contribution in [0.1, 0.15) is 6.92 Å². The third kappa shape index (κ3) is 2.77. The highest BCUT2D eigenvalue weighted by atomic mass is 79.9. The Morgan fingerprint density at radius 1 is 1.46 bits per heavy atom. The Morgan fingerprint density at radius 3 is 2.54 bits per heavy atom. The lowest BCUT2D eigenvalue weighted by Crippen LogP contribution is -2.08. The van der Waals surface area contributed by atoms with Gasteiger partial charge in [0.15, 0.2) is 0 Å². The van der Waals surface area contributed by atoms with Gasteiger partial charge in [-0.1, -0.05) is 15.9 Å². The lowest BCUT2D eigenvalue weighted by atomic mass is 10.3. The molecule has 0 aliphatic heterocycles. The van der Waals surface area contributed by atoms with Gasteiger partial charge in [-0.15, -0.1) is 0 Å². The van der Waals surface area contributed by atoms with E-state index < -0.39 is 5.82 Å². The quantitative estimate of drug-likeness (QED) is 0.847. The minimum atomic E-state index is -0.476. The molecule has 70 valence electrons. The van der Waals surface area contributed by atoms with Crippen LogP contribution in [0.3, 0.4) is 0 Å². The fraction of sp³-hybridized carbons (Fsp3) is 0.125. The van der Waals surface area contributed by atoms with Crippen LogP contribution in [-0.4, -0.2) is 5.91 Å². The third-order valence-corrected chi connectivity index (χ3v) is 2.39. The first-order valence-corrected chi connectivity index (χ1v) is 5.01. The van der Waals surface area contributed by atoms with Gasteiger partial charge in [0.2, 0.25) is 5.91 Å². The van der Waals surface area contributed by atoms with E-state index in [9.17, 15) is 9.18 Å². The number of amides is 1. The van der Waals surface area contributed by atoms with Gasteiger partial charge in [-0.05, 0) is 28.1 Å². The van der Waals surface area contributed by atoms with Gasteiger partial charge in [-0.25, -0.2) is 4.39 Å². The van der Waals surface area contributed by atoms with Crippen LogP contribution in [0.2, 0.25) is 0 Å². The second-order valence-electron chi connectivity index (χ2n) is 2.43. The molecule has 0 heterocycles. The summed E-state index contributed by atoms with van der Waals surface area (Å²) in [5.41, 5.74) is 0.163. The predicted molar refractivity (Wildman–Crippen MR) is 56.1 cm³/mol. The minimum absolute atomic E-state index is 0.163. The van der Waals surface area contributed by atoms with Crippen molar-refractivity contribution in [3.05, 3.63) is 26.9 Å². The number of carbonyl (C=O) groups excluding carboxylic acids is 1. The zero-order valence-electron chi connectivity index (χ0n) is 6.70. The molecule has 0 saturated heterocycles. The van der Waals surface area contributed by atoms with Crippen LogP contribution in [-0.2, 0) is 4.79 Å². The summed E-state index contributed by atoms with van der Waals surface area (Å²) >= 11 is 6.27. The van der Waals surface area contributed by atoms with Crippen LogP contribution in [0.4, 0.5) is 10.1 Å². The molecule has 5 heteroatoms. The first-order valence-electron chi connectivity index (χ1n) is 3.43. The molecule has 0 unspecified atom stereocenters. The van der Waals surface area contributed by atoms with E-state index in [2.05, 4.69) is 37.2 Å². The van der Waals surface area contributed by atoms with E-state index in [0.29, 0.717) is 8.95 Å². The van der Waals surface area contributed by atoms with Crippen LogP contribution >= 0.6 is 31.9 Å². The average molecular weight is 311 g/mol. The Morgan fingerprint density at radius 2 is 2.08 bits per heavy atom. The third-order valence-electron chi connectivity index (χ3n) is 1.31. The van der Waals surface area contributed by atoms with Crippen LogP contribution in [0.15, 0.2) is 21.1 Å². The number of hydrogen-bond donors (Lipinski definition) is 1. The standard InChI is InChI=1S/C8H6Br2FNO/c1-4(13)12-8-6(10)2-5(9)3-7(8)11/h2-3H,1H3,(H,12,13). The van der Waals surface area contributed by atoms with Crippen LogP contribution in [0, 0.1) is 5.82 Å². The number of hydrogen-bond acceptors (Lipinski definition) is 1. The molecule has 2 nitrogen and oxygen atoms in total. The monoisotopic (exact) mass is 309 g/mol. The molecule has 0 atom stereocenters. The molecule has 0 saturated carbocycles. The number of benzene rings is 1. The molecule has 1 aromatic rings. The number of rotatable bonds is 1. The van der Waals surface area contributed by atoms with Crippen molar-refractivity contribution in [2.45, 2.75) is 6.92 Å². The normalized spacial score (nSPS) is 9.85. The maximum absolute atomic E-state index is 13.2. The van der Waals surface area contributed by atoms with Crippen LogP contribution in [0.25, 0.3) is 0 Å². The van der Waals surface area contributed by atoms with E-state index in [4.69, 9.17) is 0 Å². The highest BCUT2D eigenvalue weighted by molar-refractivity contribution is 9.11. The molecular formula is C8H6Br2FNO. The zero-order chi connectivity index (χ0) is 10.0. The summed E-state index contributed by atoms with van der Waals surface area (Å²) in [5.74, 6) is -0.779. The van der Waals surface area contributed by atoms with Gasteiger partial charge in [0.25, 0.3) is 0 Å².